The lowest BCUT2D eigenvalue weighted by atomic mass is 10.0. The maximum absolute atomic E-state index is 11.1. The lowest BCUT2D eigenvalue weighted by molar-refractivity contribution is -0.870. The predicted molar refractivity (Wildman–Crippen MR) is 86.9 cm³/mol. The number of hydrogen-bond donors (Lipinski definition) is 2. The molecule has 0 bridgehead atoms. The maximum atomic E-state index is 11.1. The number of aromatic nitrogens is 1. The van der Waals surface area contributed by atoms with Crippen molar-refractivity contribution in [2.45, 2.75) is 18.9 Å². The van der Waals surface area contributed by atoms with Gasteiger partial charge in [-0.05, 0) is 29.7 Å². The van der Waals surface area contributed by atoms with Crippen LogP contribution in [0.2, 0.25) is 0 Å². The van der Waals surface area contributed by atoms with Crippen molar-refractivity contribution in [3.05, 3.63) is 35.5 Å². The number of hydrogen-bond acceptors (Lipinski definition) is 2. The molecule has 3 rings (SSSR count). The van der Waals surface area contributed by atoms with Crippen molar-refractivity contribution < 1.29 is 14.0 Å². The third-order valence-electron chi connectivity index (χ3n) is 4.10. The standard InChI is InChI=1S/C17H23N3O2/c1-20(2,3)7-6-13-10-18-16-5-4-12(9-15(13)16)8-14-11-22-17(21)19-14/h4-5,9-10,14,18H,6-8,11H2,1-3H3/p+1/t14-/m0/s1. The smallest absolute Gasteiger partial charge is 0.407 e. The number of aromatic amines is 1. The van der Waals surface area contributed by atoms with Gasteiger partial charge in [-0.15, -0.1) is 0 Å². The molecule has 0 radical (unpaired) electrons. The number of amides is 1. The fourth-order valence-electron chi connectivity index (χ4n) is 2.84. The Morgan fingerprint density at radius 3 is 2.82 bits per heavy atom. The number of quaternary nitrogens is 1. The number of nitrogens with zero attached hydrogens (tertiary/aromatic N) is 1. The molecule has 0 aliphatic carbocycles. The van der Waals surface area contributed by atoms with E-state index in [0.717, 1.165) is 23.9 Å². The third-order valence-corrected chi connectivity index (χ3v) is 4.10. The molecule has 0 saturated carbocycles. The molecule has 1 atom stereocenters. The number of rotatable bonds is 5. The van der Waals surface area contributed by atoms with Crippen LogP contribution in [0.5, 0.6) is 0 Å². The van der Waals surface area contributed by atoms with Gasteiger partial charge in [0.05, 0.1) is 33.7 Å². The molecule has 1 aliphatic rings. The Bertz CT molecular complexity index is 685. The van der Waals surface area contributed by atoms with Gasteiger partial charge < -0.3 is 19.5 Å². The number of carbonyl (C=O) groups is 1. The average molecular weight is 302 g/mol. The largest absolute Gasteiger partial charge is 0.447 e. The number of H-pyrrole nitrogens is 1. The molecule has 2 aromatic rings. The molecule has 5 nitrogen and oxygen atoms in total. The van der Waals surface area contributed by atoms with E-state index in [1.54, 1.807) is 0 Å². The fraction of sp³-hybridized carbons (Fsp3) is 0.471. The van der Waals surface area contributed by atoms with E-state index in [1.807, 2.05) is 0 Å². The number of likely N-dealkylation sites (N-methyl/N-ethyl adjacent to an activating group) is 1. The summed E-state index contributed by atoms with van der Waals surface area (Å²) in [5, 5.41) is 4.12. The van der Waals surface area contributed by atoms with Gasteiger partial charge >= 0.3 is 6.09 Å². The first-order valence-corrected chi connectivity index (χ1v) is 7.73. The van der Waals surface area contributed by atoms with Crippen LogP contribution in [0, 0.1) is 0 Å². The lowest BCUT2D eigenvalue weighted by Gasteiger charge is -2.23. The molecule has 1 aromatic carbocycles. The molecule has 1 saturated heterocycles. The quantitative estimate of drug-likeness (QED) is 0.831. The highest BCUT2D eigenvalue weighted by Crippen LogP contribution is 2.22. The Morgan fingerprint density at radius 1 is 1.32 bits per heavy atom. The highest BCUT2D eigenvalue weighted by Gasteiger charge is 2.22. The summed E-state index contributed by atoms with van der Waals surface area (Å²) in [5.41, 5.74) is 3.76. The van der Waals surface area contributed by atoms with Crippen LogP contribution in [0.15, 0.2) is 24.4 Å². The summed E-state index contributed by atoms with van der Waals surface area (Å²) in [7, 11) is 6.63. The Kier molecular flexibility index (Phi) is 3.83. The number of nitrogens with one attached hydrogen (secondary N) is 2. The minimum absolute atomic E-state index is 0.0820. The van der Waals surface area contributed by atoms with Gasteiger partial charge in [0.1, 0.15) is 6.61 Å². The monoisotopic (exact) mass is 302 g/mol. The van der Waals surface area contributed by atoms with Crippen LogP contribution in [0.3, 0.4) is 0 Å². The van der Waals surface area contributed by atoms with Gasteiger partial charge in [0.25, 0.3) is 0 Å². The van der Waals surface area contributed by atoms with Crippen LogP contribution in [-0.4, -0.2) is 55.9 Å². The Hall–Kier alpha value is -2.01. The summed E-state index contributed by atoms with van der Waals surface area (Å²) < 4.78 is 5.91. The minimum atomic E-state index is -0.309. The van der Waals surface area contributed by atoms with E-state index < -0.39 is 0 Å². The maximum Gasteiger partial charge on any atom is 0.407 e. The van der Waals surface area contributed by atoms with Crippen molar-refractivity contribution >= 4 is 17.0 Å². The molecular formula is C17H24N3O2+. The van der Waals surface area contributed by atoms with Crippen molar-refractivity contribution in [3.8, 4) is 0 Å². The molecule has 22 heavy (non-hydrogen) atoms. The molecular weight excluding hydrogens is 278 g/mol. The van der Waals surface area contributed by atoms with Crippen LogP contribution in [0.1, 0.15) is 11.1 Å². The zero-order valence-corrected chi connectivity index (χ0v) is 13.5. The number of fused-ring (bicyclic) bond motifs is 1. The number of cyclic esters (lactones) is 1. The van der Waals surface area contributed by atoms with Crippen LogP contribution in [-0.2, 0) is 17.6 Å². The van der Waals surface area contributed by atoms with E-state index in [0.29, 0.717) is 6.61 Å². The molecule has 2 heterocycles. The molecule has 1 aromatic heterocycles. The summed E-state index contributed by atoms with van der Waals surface area (Å²) in [6, 6.07) is 6.56. The van der Waals surface area contributed by atoms with E-state index in [9.17, 15) is 4.79 Å². The first-order chi connectivity index (χ1) is 10.4. The third kappa shape index (κ3) is 3.42. The molecule has 118 valence electrons. The van der Waals surface area contributed by atoms with E-state index in [1.165, 1.54) is 22.0 Å². The van der Waals surface area contributed by atoms with Crippen LogP contribution < -0.4 is 5.32 Å². The van der Waals surface area contributed by atoms with E-state index in [-0.39, 0.29) is 12.1 Å². The van der Waals surface area contributed by atoms with Crippen molar-refractivity contribution in [3.63, 3.8) is 0 Å². The molecule has 1 aliphatic heterocycles. The number of alkyl carbamates (subject to hydrolysis) is 1. The van der Waals surface area contributed by atoms with E-state index >= 15 is 0 Å². The van der Waals surface area contributed by atoms with Gasteiger partial charge in [-0.3, -0.25) is 0 Å². The highest BCUT2D eigenvalue weighted by atomic mass is 16.6. The zero-order chi connectivity index (χ0) is 15.7. The number of ether oxygens (including phenoxy) is 1. The van der Waals surface area contributed by atoms with Crippen molar-refractivity contribution in [2.75, 3.05) is 34.3 Å². The molecule has 0 spiro atoms. The number of carbonyl (C=O) groups excluding carboxylic acids is 1. The SMILES string of the molecule is C[N+](C)(C)CCc1c[nH]c2ccc(C[C@H]3COC(=O)N3)cc12. The molecule has 2 N–H and O–H groups in total. The molecule has 1 fully saturated rings. The molecule has 1 amide bonds. The van der Waals surface area contributed by atoms with E-state index in [2.05, 4.69) is 55.8 Å². The summed E-state index contributed by atoms with van der Waals surface area (Å²) >= 11 is 0. The molecule has 5 heteroatoms. The van der Waals surface area contributed by atoms with E-state index in [4.69, 9.17) is 4.74 Å². The van der Waals surface area contributed by atoms with Gasteiger partial charge in [0.2, 0.25) is 0 Å². The van der Waals surface area contributed by atoms with Crippen molar-refractivity contribution in [1.82, 2.24) is 10.3 Å². The van der Waals surface area contributed by atoms with Crippen LogP contribution in [0.25, 0.3) is 10.9 Å². The Morgan fingerprint density at radius 2 is 2.14 bits per heavy atom. The zero-order valence-electron chi connectivity index (χ0n) is 13.5. The summed E-state index contributed by atoms with van der Waals surface area (Å²) in [6.07, 6.45) is 3.67. The average Bonchev–Trinajstić information content (AvgIpc) is 3.02. The second kappa shape index (κ2) is 5.65. The van der Waals surface area contributed by atoms with Crippen LogP contribution >= 0.6 is 0 Å². The molecule has 0 unspecified atom stereocenters. The normalized spacial score (nSPS) is 18.5. The first kappa shape index (κ1) is 14.9. The predicted octanol–water partition coefficient (Wildman–Crippen LogP) is 2.07. The first-order valence-electron chi connectivity index (χ1n) is 7.73. The Labute approximate surface area is 130 Å². The van der Waals surface area contributed by atoms with Gasteiger partial charge in [-0.25, -0.2) is 4.79 Å². The second-order valence-electron chi connectivity index (χ2n) is 7.10. The number of benzene rings is 1. The lowest BCUT2D eigenvalue weighted by Crippen LogP contribution is -2.36. The summed E-state index contributed by atoms with van der Waals surface area (Å²) in [6.45, 7) is 1.56. The summed E-state index contributed by atoms with van der Waals surface area (Å²) in [4.78, 5) is 14.5. The van der Waals surface area contributed by atoms with Crippen molar-refractivity contribution in [2.24, 2.45) is 0 Å². The van der Waals surface area contributed by atoms with Gasteiger partial charge in [-0.2, -0.15) is 0 Å². The fourth-order valence-corrected chi connectivity index (χ4v) is 2.84. The van der Waals surface area contributed by atoms with Gasteiger partial charge in [-0.1, -0.05) is 6.07 Å². The van der Waals surface area contributed by atoms with Gasteiger partial charge in [0, 0.05) is 23.5 Å². The Balaban J connectivity index is 1.77. The van der Waals surface area contributed by atoms with Crippen molar-refractivity contribution in [1.29, 1.82) is 0 Å². The van der Waals surface area contributed by atoms with Gasteiger partial charge in [0.15, 0.2) is 0 Å². The van der Waals surface area contributed by atoms with Crippen LogP contribution in [0.4, 0.5) is 4.79 Å². The second-order valence-corrected chi connectivity index (χ2v) is 7.10. The summed E-state index contributed by atoms with van der Waals surface area (Å²) in [5.74, 6) is 0. The minimum Gasteiger partial charge on any atom is -0.447 e. The topological polar surface area (TPSA) is 54.1 Å². The highest BCUT2D eigenvalue weighted by molar-refractivity contribution is 5.84.